The number of amides is 1. The van der Waals surface area contributed by atoms with Crippen molar-refractivity contribution in [3.05, 3.63) is 35.9 Å². The van der Waals surface area contributed by atoms with Crippen LogP contribution in [0.5, 0.6) is 0 Å². The fourth-order valence-corrected chi connectivity index (χ4v) is 2.35. The minimum absolute atomic E-state index is 0.315. The Kier molecular flexibility index (Phi) is 6.92. The van der Waals surface area contributed by atoms with Gasteiger partial charge >= 0.3 is 5.97 Å². The van der Waals surface area contributed by atoms with Gasteiger partial charge in [0.2, 0.25) is 0 Å². The summed E-state index contributed by atoms with van der Waals surface area (Å²) in [4.78, 5) is 24.1. The molecule has 0 aromatic heterocycles. The highest BCUT2D eigenvalue weighted by molar-refractivity contribution is 5.97. The molecule has 0 saturated carbocycles. The van der Waals surface area contributed by atoms with E-state index in [1.54, 1.807) is 24.3 Å². The first-order valence-electron chi connectivity index (χ1n) is 7.66. The zero-order chi connectivity index (χ0) is 15.7. The Morgan fingerprint density at radius 1 is 1.05 bits per heavy atom. The highest BCUT2D eigenvalue weighted by Gasteiger charge is 2.38. The van der Waals surface area contributed by atoms with E-state index in [9.17, 15) is 14.7 Å². The van der Waals surface area contributed by atoms with Gasteiger partial charge in [0.25, 0.3) is 5.91 Å². The molecule has 0 atom stereocenters. The van der Waals surface area contributed by atoms with Gasteiger partial charge in [0, 0.05) is 5.56 Å². The molecule has 0 radical (unpaired) electrons. The van der Waals surface area contributed by atoms with Crippen LogP contribution in [0.4, 0.5) is 0 Å². The van der Waals surface area contributed by atoms with Crippen molar-refractivity contribution in [1.82, 2.24) is 5.32 Å². The molecular weight excluding hydrogens is 266 g/mol. The molecule has 1 amide bonds. The first-order valence-corrected chi connectivity index (χ1v) is 7.66. The number of hydrogen-bond donors (Lipinski definition) is 2. The standard InChI is InChI=1S/C17H25NO3/c1-3-5-12-17(16(20)21,13-6-4-2)18-15(19)14-10-8-7-9-11-14/h7-11H,3-6,12-13H2,1-2H3,(H,18,19)(H,20,21). The number of carbonyl (C=O) groups is 2. The summed E-state index contributed by atoms with van der Waals surface area (Å²) in [5.74, 6) is -1.25. The highest BCUT2D eigenvalue weighted by atomic mass is 16.4. The van der Waals surface area contributed by atoms with Crippen molar-refractivity contribution in [2.24, 2.45) is 0 Å². The highest BCUT2D eigenvalue weighted by Crippen LogP contribution is 2.23. The second-order valence-corrected chi connectivity index (χ2v) is 5.41. The van der Waals surface area contributed by atoms with Crippen molar-refractivity contribution >= 4 is 11.9 Å². The van der Waals surface area contributed by atoms with Gasteiger partial charge in [0.15, 0.2) is 0 Å². The average molecular weight is 291 g/mol. The molecule has 116 valence electrons. The molecule has 0 saturated heterocycles. The van der Waals surface area contributed by atoms with Gasteiger partial charge in [-0.3, -0.25) is 4.79 Å². The Hall–Kier alpha value is -1.84. The van der Waals surface area contributed by atoms with Crippen molar-refractivity contribution < 1.29 is 14.7 Å². The van der Waals surface area contributed by atoms with E-state index in [-0.39, 0.29) is 5.91 Å². The average Bonchev–Trinajstić information content (AvgIpc) is 2.50. The Morgan fingerprint density at radius 2 is 1.57 bits per heavy atom. The summed E-state index contributed by atoms with van der Waals surface area (Å²) >= 11 is 0. The van der Waals surface area contributed by atoms with Crippen LogP contribution in [0.25, 0.3) is 0 Å². The van der Waals surface area contributed by atoms with E-state index >= 15 is 0 Å². The molecule has 0 bridgehead atoms. The molecule has 4 heteroatoms. The third-order valence-electron chi connectivity index (χ3n) is 3.71. The van der Waals surface area contributed by atoms with E-state index in [1.165, 1.54) is 0 Å². The lowest BCUT2D eigenvalue weighted by atomic mass is 9.86. The number of benzene rings is 1. The minimum atomic E-state index is -1.15. The molecule has 0 unspecified atom stereocenters. The second kappa shape index (κ2) is 8.45. The van der Waals surface area contributed by atoms with Crippen LogP contribution >= 0.6 is 0 Å². The van der Waals surface area contributed by atoms with Crippen LogP contribution in [0, 0.1) is 0 Å². The third-order valence-corrected chi connectivity index (χ3v) is 3.71. The Morgan fingerprint density at radius 3 is 2.00 bits per heavy atom. The van der Waals surface area contributed by atoms with Crippen LogP contribution in [0.1, 0.15) is 62.7 Å². The van der Waals surface area contributed by atoms with Gasteiger partial charge in [-0.1, -0.05) is 57.7 Å². The molecule has 0 fully saturated rings. The number of rotatable bonds is 9. The first kappa shape index (κ1) is 17.2. The molecular formula is C17H25NO3. The van der Waals surface area contributed by atoms with Gasteiger partial charge in [0.1, 0.15) is 5.54 Å². The van der Waals surface area contributed by atoms with Gasteiger partial charge in [-0.15, -0.1) is 0 Å². The van der Waals surface area contributed by atoms with Crippen LogP contribution in [0.2, 0.25) is 0 Å². The van der Waals surface area contributed by atoms with E-state index in [0.717, 1.165) is 25.7 Å². The fraction of sp³-hybridized carbons (Fsp3) is 0.529. The first-order chi connectivity index (χ1) is 10.1. The van der Waals surface area contributed by atoms with Crippen molar-refractivity contribution in [2.45, 2.75) is 57.9 Å². The van der Waals surface area contributed by atoms with Crippen LogP contribution in [0.3, 0.4) is 0 Å². The number of carboxylic acids is 1. The number of carboxylic acid groups (broad SMARTS) is 1. The molecule has 0 aliphatic rings. The molecule has 21 heavy (non-hydrogen) atoms. The summed E-state index contributed by atoms with van der Waals surface area (Å²) < 4.78 is 0. The molecule has 0 spiro atoms. The summed E-state index contributed by atoms with van der Waals surface area (Å²) in [5.41, 5.74) is -0.657. The lowest BCUT2D eigenvalue weighted by molar-refractivity contribution is -0.145. The molecule has 1 aromatic rings. The van der Waals surface area contributed by atoms with Gasteiger partial charge in [-0.25, -0.2) is 4.79 Å². The Labute approximate surface area is 126 Å². The smallest absolute Gasteiger partial charge is 0.329 e. The quantitative estimate of drug-likeness (QED) is 0.730. The maximum absolute atomic E-state index is 12.3. The maximum atomic E-state index is 12.3. The SMILES string of the molecule is CCCCC(CCCC)(NC(=O)c1ccccc1)C(=O)O. The van der Waals surface area contributed by atoms with Gasteiger partial charge in [-0.05, 0) is 25.0 Å². The zero-order valence-electron chi connectivity index (χ0n) is 12.9. The van der Waals surface area contributed by atoms with Gasteiger partial charge in [-0.2, -0.15) is 0 Å². The van der Waals surface area contributed by atoms with E-state index in [4.69, 9.17) is 0 Å². The predicted molar refractivity (Wildman–Crippen MR) is 83.3 cm³/mol. The van der Waals surface area contributed by atoms with Crippen LogP contribution in [-0.2, 0) is 4.79 Å². The van der Waals surface area contributed by atoms with Crippen molar-refractivity contribution in [3.63, 3.8) is 0 Å². The Bertz CT molecular complexity index is 448. The van der Waals surface area contributed by atoms with Crippen molar-refractivity contribution in [2.75, 3.05) is 0 Å². The molecule has 1 rings (SSSR count). The van der Waals surface area contributed by atoms with Crippen molar-refractivity contribution in [3.8, 4) is 0 Å². The van der Waals surface area contributed by atoms with Crippen LogP contribution in [-0.4, -0.2) is 22.5 Å². The lowest BCUT2D eigenvalue weighted by Crippen LogP contribution is -2.54. The van der Waals surface area contributed by atoms with E-state index in [2.05, 4.69) is 5.32 Å². The molecule has 0 aliphatic heterocycles. The predicted octanol–water partition coefficient (Wildman–Crippen LogP) is 3.62. The van der Waals surface area contributed by atoms with Crippen LogP contribution < -0.4 is 5.32 Å². The summed E-state index contributed by atoms with van der Waals surface area (Å²) in [6.07, 6.45) is 4.32. The van der Waals surface area contributed by atoms with Gasteiger partial charge < -0.3 is 10.4 Å². The zero-order valence-corrected chi connectivity index (χ0v) is 12.9. The number of aliphatic carboxylic acids is 1. The van der Waals surface area contributed by atoms with Gasteiger partial charge in [0.05, 0.1) is 0 Å². The topological polar surface area (TPSA) is 66.4 Å². The van der Waals surface area contributed by atoms with E-state index in [0.29, 0.717) is 18.4 Å². The summed E-state index contributed by atoms with van der Waals surface area (Å²) in [5, 5.41) is 12.4. The minimum Gasteiger partial charge on any atom is -0.480 e. The van der Waals surface area contributed by atoms with E-state index < -0.39 is 11.5 Å². The number of carbonyl (C=O) groups excluding carboxylic acids is 1. The largest absolute Gasteiger partial charge is 0.480 e. The normalized spacial score (nSPS) is 11.1. The number of nitrogens with one attached hydrogen (secondary N) is 1. The van der Waals surface area contributed by atoms with E-state index in [1.807, 2.05) is 19.9 Å². The summed E-state index contributed by atoms with van der Waals surface area (Å²) in [6.45, 7) is 4.04. The third kappa shape index (κ3) is 4.88. The maximum Gasteiger partial charge on any atom is 0.329 e. The number of unbranched alkanes of at least 4 members (excludes halogenated alkanes) is 2. The molecule has 0 heterocycles. The Balaban J connectivity index is 2.93. The summed E-state index contributed by atoms with van der Waals surface area (Å²) in [7, 11) is 0. The van der Waals surface area contributed by atoms with Crippen molar-refractivity contribution in [1.29, 1.82) is 0 Å². The number of hydrogen-bond acceptors (Lipinski definition) is 2. The van der Waals surface area contributed by atoms with Crippen LogP contribution in [0.15, 0.2) is 30.3 Å². The second-order valence-electron chi connectivity index (χ2n) is 5.41. The lowest BCUT2D eigenvalue weighted by Gasteiger charge is -2.30. The summed E-state index contributed by atoms with van der Waals surface area (Å²) in [6, 6.07) is 8.77. The molecule has 4 nitrogen and oxygen atoms in total. The molecule has 1 aromatic carbocycles. The molecule has 0 aliphatic carbocycles. The fourth-order valence-electron chi connectivity index (χ4n) is 2.35. The molecule has 2 N–H and O–H groups in total. The monoisotopic (exact) mass is 291 g/mol.